The van der Waals surface area contributed by atoms with Crippen LogP contribution in [0.3, 0.4) is 0 Å². The van der Waals surface area contributed by atoms with E-state index in [0.29, 0.717) is 18.4 Å². The molecule has 0 aromatic rings. The number of aliphatic hydroxyl groups is 2. The highest BCUT2D eigenvalue weighted by Gasteiger charge is 2.28. The number of likely N-dealkylation sites (tertiary alicyclic amines) is 1. The Labute approximate surface area is 92.1 Å². The minimum absolute atomic E-state index is 0.0550. The van der Waals surface area contributed by atoms with Crippen molar-refractivity contribution in [1.29, 1.82) is 0 Å². The Hall–Kier alpha value is -0.120. The molecule has 0 amide bonds. The summed E-state index contributed by atoms with van der Waals surface area (Å²) in [6.45, 7) is 3.63. The summed E-state index contributed by atoms with van der Waals surface area (Å²) in [7, 11) is 0. The SMILES string of the molecule is OCC1CCN(CC2CCCC2O)CC1. The van der Waals surface area contributed by atoms with Crippen LogP contribution >= 0.6 is 0 Å². The molecule has 0 spiro atoms. The molecular weight excluding hydrogens is 190 g/mol. The zero-order valence-corrected chi connectivity index (χ0v) is 9.44. The lowest BCUT2D eigenvalue weighted by molar-refractivity contribution is 0.0768. The van der Waals surface area contributed by atoms with Crippen LogP contribution in [0.2, 0.25) is 0 Å². The molecule has 0 aromatic heterocycles. The summed E-state index contributed by atoms with van der Waals surface area (Å²) in [5, 5.41) is 18.8. The van der Waals surface area contributed by atoms with E-state index in [1.807, 2.05) is 0 Å². The number of hydrogen-bond acceptors (Lipinski definition) is 3. The van der Waals surface area contributed by atoms with E-state index in [1.54, 1.807) is 0 Å². The van der Waals surface area contributed by atoms with Crippen LogP contribution in [0, 0.1) is 11.8 Å². The lowest BCUT2D eigenvalue weighted by Gasteiger charge is -2.33. The molecule has 1 saturated carbocycles. The Kier molecular flexibility index (Phi) is 4.00. The largest absolute Gasteiger partial charge is 0.396 e. The van der Waals surface area contributed by atoms with Crippen molar-refractivity contribution in [2.24, 2.45) is 11.8 Å². The average Bonchev–Trinajstić information content (AvgIpc) is 2.66. The predicted octanol–water partition coefficient (Wildman–Crippen LogP) is 0.852. The second-order valence-corrected chi connectivity index (χ2v) is 5.18. The van der Waals surface area contributed by atoms with Crippen molar-refractivity contribution in [2.45, 2.75) is 38.2 Å². The summed E-state index contributed by atoms with van der Waals surface area (Å²) in [5.41, 5.74) is 0. The summed E-state index contributed by atoms with van der Waals surface area (Å²) in [4.78, 5) is 2.46. The number of piperidine rings is 1. The van der Waals surface area contributed by atoms with E-state index in [9.17, 15) is 5.11 Å². The fraction of sp³-hybridized carbons (Fsp3) is 1.00. The standard InChI is InChI=1S/C12H23NO2/c14-9-10-4-6-13(7-5-10)8-11-2-1-3-12(11)15/h10-12,14-15H,1-9H2. The van der Waals surface area contributed by atoms with E-state index in [-0.39, 0.29) is 6.10 Å². The Morgan fingerprint density at radius 2 is 1.80 bits per heavy atom. The number of rotatable bonds is 3. The molecule has 1 aliphatic heterocycles. The van der Waals surface area contributed by atoms with Crippen LogP contribution in [0.4, 0.5) is 0 Å². The number of hydrogen-bond donors (Lipinski definition) is 2. The highest BCUT2D eigenvalue weighted by molar-refractivity contribution is 4.81. The first-order chi connectivity index (χ1) is 7.29. The predicted molar refractivity (Wildman–Crippen MR) is 59.6 cm³/mol. The van der Waals surface area contributed by atoms with E-state index in [0.717, 1.165) is 38.9 Å². The molecule has 2 unspecified atom stereocenters. The van der Waals surface area contributed by atoms with Gasteiger partial charge in [0.2, 0.25) is 0 Å². The van der Waals surface area contributed by atoms with Gasteiger partial charge in [-0.1, -0.05) is 6.42 Å². The molecule has 2 aliphatic rings. The summed E-state index contributed by atoms with van der Waals surface area (Å²) in [5.74, 6) is 1.03. The Bertz CT molecular complexity index is 190. The molecule has 3 heteroatoms. The summed E-state index contributed by atoms with van der Waals surface area (Å²) < 4.78 is 0. The molecule has 2 fully saturated rings. The molecule has 2 rings (SSSR count). The third kappa shape index (κ3) is 2.92. The molecule has 0 bridgehead atoms. The van der Waals surface area contributed by atoms with E-state index < -0.39 is 0 Å². The molecule has 15 heavy (non-hydrogen) atoms. The lowest BCUT2D eigenvalue weighted by atomic mass is 9.96. The molecule has 88 valence electrons. The summed E-state index contributed by atoms with van der Waals surface area (Å²) in [6.07, 6.45) is 5.58. The van der Waals surface area contributed by atoms with Gasteiger partial charge in [0.05, 0.1) is 6.10 Å². The zero-order chi connectivity index (χ0) is 10.7. The minimum Gasteiger partial charge on any atom is -0.396 e. The van der Waals surface area contributed by atoms with Gasteiger partial charge in [0.25, 0.3) is 0 Å². The highest BCUT2D eigenvalue weighted by Crippen LogP contribution is 2.27. The molecule has 0 radical (unpaired) electrons. The van der Waals surface area contributed by atoms with Crippen molar-refractivity contribution < 1.29 is 10.2 Å². The third-order valence-electron chi connectivity index (χ3n) is 4.08. The van der Waals surface area contributed by atoms with Gasteiger partial charge in [0.1, 0.15) is 0 Å². The molecule has 1 saturated heterocycles. The van der Waals surface area contributed by atoms with E-state index in [2.05, 4.69) is 4.90 Å². The van der Waals surface area contributed by atoms with Crippen LogP contribution in [-0.2, 0) is 0 Å². The van der Waals surface area contributed by atoms with E-state index in [4.69, 9.17) is 5.11 Å². The molecule has 2 N–H and O–H groups in total. The Balaban J connectivity index is 1.72. The summed E-state index contributed by atoms with van der Waals surface area (Å²) in [6, 6.07) is 0. The van der Waals surface area contributed by atoms with Crippen LogP contribution in [0.15, 0.2) is 0 Å². The second kappa shape index (κ2) is 5.28. The first-order valence-electron chi connectivity index (χ1n) is 6.31. The first-order valence-corrected chi connectivity index (χ1v) is 6.31. The fourth-order valence-corrected chi connectivity index (χ4v) is 2.91. The first kappa shape index (κ1) is 11.4. The Morgan fingerprint density at radius 1 is 1.07 bits per heavy atom. The Morgan fingerprint density at radius 3 is 2.33 bits per heavy atom. The van der Waals surface area contributed by atoms with Gasteiger partial charge in [-0.2, -0.15) is 0 Å². The maximum absolute atomic E-state index is 9.75. The molecule has 2 atom stereocenters. The van der Waals surface area contributed by atoms with Gasteiger partial charge < -0.3 is 15.1 Å². The second-order valence-electron chi connectivity index (χ2n) is 5.18. The topological polar surface area (TPSA) is 43.7 Å². The maximum atomic E-state index is 9.75. The van der Waals surface area contributed by atoms with Gasteiger partial charge in [-0.15, -0.1) is 0 Å². The smallest absolute Gasteiger partial charge is 0.0580 e. The van der Waals surface area contributed by atoms with Crippen molar-refractivity contribution in [3.63, 3.8) is 0 Å². The molecular formula is C12H23NO2. The monoisotopic (exact) mass is 213 g/mol. The van der Waals surface area contributed by atoms with Crippen molar-refractivity contribution >= 4 is 0 Å². The lowest BCUT2D eigenvalue weighted by Crippen LogP contribution is -2.39. The van der Waals surface area contributed by atoms with Gasteiger partial charge in [0, 0.05) is 13.2 Å². The van der Waals surface area contributed by atoms with Crippen molar-refractivity contribution in [3.05, 3.63) is 0 Å². The highest BCUT2D eigenvalue weighted by atomic mass is 16.3. The number of nitrogens with zero attached hydrogens (tertiary/aromatic N) is 1. The van der Waals surface area contributed by atoms with Crippen LogP contribution in [0.5, 0.6) is 0 Å². The third-order valence-corrected chi connectivity index (χ3v) is 4.08. The van der Waals surface area contributed by atoms with Gasteiger partial charge in [-0.05, 0) is 50.6 Å². The molecule has 1 heterocycles. The van der Waals surface area contributed by atoms with Crippen LogP contribution in [0.1, 0.15) is 32.1 Å². The maximum Gasteiger partial charge on any atom is 0.0580 e. The minimum atomic E-state index is -0.0550. The van der Waals surface area contributed by atoms with Crippen molar-refractivity contribution in [2.75, 3.05) is 26.2 Å². The van der Waals surface area contributed by atoms with Gasteiger partial charge >= 0.3 is 0 Å². The van der Waals surface area contributed by atoms with Crippen molar-refractivity contribution in [1.82, 2.24) is 4.90 Å². The van der Waals surface area contributed by atoms with Crippen LogP contribution in [0.25, 0.3) is 0 Å². The van der Waals surface area contributed by atoms with E-state index >= 15 is 0 Å². The fourth-order valence-electron chi connectivity index (χ4n) is 2.91. The number of aliphatic hydroxyl groups excluding tert-OH is 2. The van der Waals surface area contributed by atoms with Crippen LogP contribution in [-0.4, -0.2) is 47.5 Å². The molecule has 3 nitrogen and oxygen atoms in total. The van der Waals surface area contributed by atoms with Gasteiger partial charge in [-0.25, -0.2) is 0 Å². The van der Waals surface area contributed by atoms with E-state index in [1.165, 1.54) is 12.8 Å². The van der Waals surface area contributed by atoms with Crippen LogP contribution < -0.4 is 0 Å². The average molecular weight is 213 g/mol. The van der Waals surface area contributed by atoms with Crippen molar-refractivity contribution in [3.8, 4) is 0 Å². The van der Waals surface area contributed by atoms with Gasteiger partial charge in [-0.3, -0.25) is 0 Å². The molecule has 0 aromatic carbocycles. The quantitative estimate of drug-likeness (QED) is 0.730. The molecule has 1 aliphatic carbocycles. The normalized spacial score (nSPS) is 34.8. The zero-order valence-electron chi connectivity index (χ0n) is 9.44. The summed E-state index contributed by atoms with van der Waals surface area (Å²) >= 11 is 0. The van der Waals surface area contributed by atoms with Gasteiger partial charge in [0.15, 0.2) is 0 Å².